The summed E-state index contributed by atoms with van der Waals surface area (Å²) in [7, 11) is 0. The van der Waals surface area contributed by atoms with Crippen LogP contribution in [0.5, 0.6) is 0 Å². The second-order valence-corrected chi connectivity index (χ2v) is 9.09. The summed E-state index contributed by atoms with van der Waals surface area (Å²) in [5, 5.41) is 6.77. The zero-order valence-electron chi connectivity index (χ0n) is 14.5. The molecule has 2 rings (SSSR count). The van der Waals surface area contributed by atoms with Crippen LogP contribution in [0.25, 0.3) is 0 Å². The molecule has 2 aliphatic carbocycles. The Kier molecular flexibility index (Phi) is 6.06. The van der Waals surface area contributed by atoms with E-state index >= 15 is 0 Å². The molecule has 128 valence electrons. The average molecular weight is 329 g/mol. The Morgan fingerprint density at radius 3 is 2.23 bits per heavy atom. The second-order valence-electron chi connectivity index (χ2n) is 7.82. The van der Waals surface area contributed by atoms with Gasteiger partial charge in [-0.05, 0) is 65.6 Å². The van der Waals surface area contributed by atoms with Gasteiger partial charge in [0.15, 0.2) is 0 Å². The maximum absolute atomic E-state index is 11.8. The normalized spacial score (nSPS) is 27.8. The molecule has 5 heteroatoms. The van der Waals surface area contributed by atoms with Crippen molar-refractivity contribution < 1.29 is 9.53 Å². The Labute approximate surface area is 139 Å². The summed E-state index contributed by atoms with van der Waals surface area (Å²) in [5.41, 5.74) is -0.419. The molecule has 0 bridgehead atoms. The number of carbonyl (C=O) groups is 1. The number of alkyl carbamates (subject to hydrolysis) is 1. The van der Waals surface area contributed by atoms with E-state index in [9.17, 15) is 4.79 Å². The van der Waals surface area contributed by atoms with Crippen LogP contribution in [0, 0.1) is 0 Å². The van der Waals surface area contributed by atoms with E-state index in [1.54, 1.807) is 0 Å². The summed E-state index contributed by atoms with van der Waals surface area (Å²) in [6, 6.07) is 0.882. The molecule has 22 heavy (non-hydrogen) atoms. The van der Waals surface area contributed by atoms with Crippen molar-refractivity contribution >= 4 is 17.9 Å². The highest BCUT2D eigenvalue weighted by Gasteiger charge is 2.36. The predicted molar refractivity (Wildman–Crippen MR) is 93.5 cm³/mol. The van der Waals surface area contributed by atoms with Gasteiger partial charge in [0.2, 0.25) is 0 Å². The van der Waals surface area contributed by atoms with Crippen molar-refractivity contribution in [2.75, 3.05) is 12.8 Å². The van der Waals surface area contributed by atoms with Gasteiger partial charge in [0.1, 0.15) is 5.60 Å². The standard InChI is InChI=1S/C17H32N2O2S/c1-16(2,3)21-15(20)19-14-8-6-13(7-9-14)18-12-17(22-4)10-5-11-17/h13-14,18H,5-12H2,1-4H3,(H,19,20). The van der Waals surface area contributed by atoms with Crippen molar-refractivity contribution in [1.82, 2.24) is 10.6 Å². The zero-order valence-corrected chi connectivity index (χ0v) is 15.4. The summed E-state index contributed by atoms with van der Waals surface area (Å²) in [4.78, 5) is 11.8. The molecule has 0 saturated heterocycles. The van der Waals surface area contributed by atoms with Gasteiger partial charge in [-0.3, -0.25) is 0 Å². The van der Waals surface area contributed by atoms with Gasteiger partial charge in [-0.1, -0.05) is 6.42 Å². The lowest BCUT2D eigenvalue weighted by molar-refractivity contribution is 0.0489. The molecule has 0 aromatic heterocycles. The molecule has 2 N–H and O–H groups in total. The summed E-state index contributed by atoms with van der Waals surface area (Å²) < 4.78 is 5.83. The molecule has 0 aromatic rings. The number of rotatable bonds is 5. The molecule has 0 heterocycles. The van der Waals surface area contributed by atoms with E-state index in [4.69, 9.17) is 4.74 Å². The molecule has 2 fully saturated rings. The first-order valence-corrected chi connectivity index (χ1v) is 9.82. The number of hydrogen-bond acceptors (Lipinski definition) is 4. The van der Waals surface area contributed by atoms with E-state index in [1.165, 1.54) is 19.3 Å². The minimum atomic E-state index is -0.419. The van der Waals surface area contributed by atoms with Crippen molar-refractivity contribution in [3.05, 3.63) is 0 Å². The number of thioether (sulfide) groups is 1. The van der Waals surface area contributed by atoms with Crippen LogP contribution in [-0.2, 0) is 4.74 Å². The van der Waals surface area contributed by atoms with Gasteiger partial charge in [0.05, 0.1) is 0 Å². The first-order valence-electron chi connectivity index (χ1n) is 8.60. The quantitative estimate of drug-likeness (QED) is 0.808. The topological polar surface area (TPSA) is 50.4 Å². The van der Waals surface area contributed by atoms with Gasteiger partial charge in [0.25, 0.3) is 0 Å². The maximum atomic E-state index is 11.8. The highest BCUT2D eigenvalue weighted by atomic mass is 32.2. The maximum Gasteiger partial charge on any atom is 0.407 e. The molecular formula is C17H32N2O2S. The second kappa shape index (κ2) is 7.43. The molecule has 0 aromatic carbocycles. The Hall–Kier alpha value is -0.420. The number of hydrogen-bond donors (Lipinski definition) is 2. The van der Waals surface area contributed by atoms with Crippen molar-refractivity contribution in [3.63, 3.8) is 0 Å². The molecule has 2 aliphatic rings. The monoisotopic (exact) mass is 328 g/mol. The van der Waals surface area contributed by atoms with Gasteiger partial charge in [0, 0.05) is 23.4 Å². The van der Waals surface area contributed by atoms with Gasteiger partial charge >= 0.3 is 6.09 Å². The smallest absolute Gasteiger partial charge is 0.407 e. The summed E-state index contributed by atoms with van der Waals surface area (Å²) >= 11 is 2.03. The lowest BCUT2D eigenvalue weighted by atomic mass is 9.83. The number of nitrogens with one attached hydrogen (secondary N) is 2. The third kappa shape index (κ3) is 5.34. The fourth-order valence-corrected chi connectivity index (χ4v) is 4.20. The fourth-order valence-electron chi connectivity index (χ4n) is 3.27. The molecule has 4 nitrogen and oxygen atoms in total. The zero-order chi connectivity index (χ0) is 16.2. The molecule has 0 aliphatic heterocycles. The van der Waals surface area contributed by atoms with Crippen molar-refractivity contribution in [2.45, 2.75) is 88.1 Å². The Bertz CT molecular complexity index is 364. The van der Waals surface area contributed by atoms with Gasteiger partial charge in [-0.15, -0.1) is 0 Å². The van der Waals surface area contributed by atoms with Crippen molar-refractivity contribution in [1.29, 1.82) is 0 Å². The van der Waals surface area contributed by atoms with E-state index in [1.807, 2.05) is 32.5 Å². The lowest BCUT2D eigenvalue weighted by Crippen LogP contribution is -2.49. The number of ether oxygens (including phenoxy) is 1. The molecule has 0 radical (unpaired) electrons. The van der Waals surface area contributed by atoms with Crippen LogP contribution >= 0.6 is 11.8 Å². The van der Waals surface area contributed by atoms with E-state index in [0.717, 1.165) is 32.2 Å². The molecule has 0 unspecified atom stereocenters. The van der Waals surface area contributed by atoms with Gasteiger partial charge < -0.3 is 15.4 Å². The minimum Gasteiger partial charge on any atom is -0.444 e. The number of amides is 1. The summed E-state index contributed by atoms with van der Waals surface area (Å²) in [6.07, 6.45) is 10.4. The molecule has 1 amide bonds. The van der Waals surface area contributed by atoms with Crippen LogP contribution in [0.15, 0.2) is 0 Å². The third-order valence-corrected chi connectivity index (χ3v) is 6.28. The van der Waals surface area contributed by atoms with Crippen LogP contribution in [0.2, 0.25) is 0 Å². The van der Waals surface area contributed by atoms with Gasteiger partial charge in [-0.25, -0.2) is 4.79 Å². The van der Waals surface area contributed by atoms with E-state index in [2.05, 4.69) is 16.9 Å². The Balaban J connectivity index is 1.64. The van der Waals surface area contributed by atoms with E-state index < -0.39 is 5.60 Å². The van der Waals surface area contributed by atoms with E-state index in [-0.39, 0.29) is 12.1 Å². The fraction of sp³-hybridized carbons (Fsp3) is 0.941. The van der Waals surface area contributed by atoms with Crippen LogP contribution in [0.4, 0.5) is 4.79 Å². The lowest BCUT2D eigenvalue weighted by Gasteiger charge is -2.42. The Morgan fingerprint density at radius 2 is 1.77 bits per heavy atom. The SMILES string of the molecule is CSC1(CNC2CCC(NC(=O)OC(C)(C)C)CC2)CCC1. The van der Waals surface area contributed by atoms with Crippen LogP contribution in [0.1, 0.15) is 65.7 Å². The van der Waals surface area contributed by atoms with Crippen molar-refractivity contribution in [2.24, 2.45) is 0 Å². The first-order chi connectivity index (χ1) is 10.3. The van der Waals surface area contributed by atoms with E-state index in [0.29, 0.717) is 10.8 Å². The van der Waals surface area contributed by atoms with Crippen LogP contribution in [-0.4, -0.2) is 41.3 Å². The van der Waals surface area contributed by atoms with Crippen molar-refractivity contribution in [3.8, 4) is 0 Å². The average Bonchev–Trinajstić information content (AvgIpc) is 2.37. The molecule has 2 saturated carbocycles. The largest absolute Gasteiger partial charge is 0.444 e. The van der Waals surface area contributed by atoms with Crippen LogP contribution < -0.4 is 10.6 Å². The minimum absolute atomic E-state index is 0.270. The third-order valence-electron chi connectivity index (χ3n) is 4.86. The highest BCUT2D eigenvalue weighted by molar-refractivity contribution is 8.00. The summed E-state index contributed by atoms with van der Waals surface area (Å²) in [6.45, 7) is 6.84. The predicted octanol–water partition coefficient (Wildman–Crippen LogP) is 3.70. The van der Waals surface area contributed by atoms with Gasteiger partial charge in [-0.2, -0.15) is 11.8 Å². The molecule has 0 atom stereocenters. The highest BCUT2D eigenvalue weighted by Crippen LogP contribution is 2.42. The van der Waals surface area contributed by atoms with Crippen LogP contribution in [0.3, 0.4) is 0 Å². The first kappa shape index (κ1) is 17.9. The Morgan fingerprint density at radius 1 is 1.18 bits per heavy atom. The number of carbonyl (C=O) groups excluding carboxylic acids is 1. The molecule has 0 spiro atoms. The summed E-state index contributed by atoms with van der Waals surface area (Å²) in [5.74, 6) is 0. The molecular weight excluding hydrogens is 296 g/mol.